The Labute approximate surface area is 149 Å². The summed E-state index contributed by atoms with van der Waals surface area (Å²) < 4.78 is 5.03. The van der Waals surface area contributed by atoms with Crippen molar-refractivity contribution in [3.05, 3.63) is 36.0 Å². The summed E-state index contributed by atoms with van der Waals surface area (Å²) in [5.74, 6) is -0.651. The van der Waals surface area contributed by atoms with Crippen LogP contribution in [-0.4, -0.2) is 40.8 Å². The minimum absolute atomic E-state index is 0.0400. The summed E-state index contributed by atoms with van der Waals surface area (Å²) >= 11 is 0. The van der Waals surface area contributed by atoms with Crippen LogP contribution in [0.15, 0.2) is 28.8 Å². The molecule has 1 heterocycles. The zero-order valence-corrected chi connectivity index (χ0v) is 14.1. The average Bonchev–Trinajstić information content (AvgIpc) is 3.10. The average molecular weight is 363 g/mol. The van der Waals surface area contributed by atoms with Crippen molar-refractivity contribution in [2.24, 2.45) is 11.5 Å². The van der Waals surface area contributed by atoms with Crippen molar-refractivity contribution in [1.29, 1.82) is 0 Å². The van der Waals surface area contributed by atoms with E-state index in [-0.39, 0.29) is 24.7 Å². The third kappa shape index (κ3) is 5.16. The third-order valence-corrected chi connectivity index (χ3v) is 3.40. The predicted octanol–water partition coefficient (Wildman–Crippen LogP) is -0.158. The molecular formula is C15H21N7O4. The first-order valence-corrected chi connectivity index (χ1v) is 7.76. The number of anilines is 2. The first-order valence-electron chi connectivity index (χ1n) is 7.76. The van der Waals surface area contributed by atoms with E-state index in [1.54, 1.807) is 25.2 Å². The molecule has 26 heavy (non-hydrogen) atoms. The molecule has 0 spiro atoms. The van der Waals surface area contributed by atoms with E-state index in [0.717, 1.165) is 5.69 Å². The molecule has 1 aromatic heterocycles. The monoisotopic (exact) mass is 363 g/mol. The lowest BCUT2D eigenvalue weighted by molar-refractivity contribution is -0.118. The fourth-order valence-corrected chi connectivity index (χ4v) is 2.10. The SMILES string of the molecule is CNc1cccc(NC(=O)N[C@@H](CC(N)=O)c2nc([C@@H](N)CO)no2)c1. The summed E-state index contributed by atoms with van der Waals surface area (Å²) in [6, 6.07) is 4.68. The van der Waals surface area contributed by atoms with Crippen LogP contribution in [0.25, 0.3) is 0 Å². The lowest BCUT2D eigenvalue weighted by Gasteiger charge is -2.14. The number of carbonyl (C=O) groups is 2. The number of nitrogens with one attached hydrogen (secondary N) is 3. The van der Waals surface area contributed by atoms with Crippen molar-refractivity contribution in [2.45, 2.75) is 18.5 Å². The van der Waals surface area contributed by atoms with Gasteiger partial charge in [0.25, 0.3) is 0 Å². The van der Waals surface area contributed by atoms with Gasteiger partial charge in [-0.3, -0.25) is 4.79 Å². The van der Waals surface area contributed by atoms with Crippen LogP contribution in [0.5, 0.6) is 0 Å². The maximum atomic E-state index is 12.2. The van der Waals surface area contributed by atoms with Gasteiger partial charge in [-0.05, 0) is 18.2 Å². The van der Waals surface area contributed by atoms with Gasteiger partial charge in [-0.15, -0.1) is 0 Å². The number of aliphatic hydroxyl groups is 1. The number of nitrogens with zero attached hydrogens (tertiary/aromatic N) is 2. The van der Waals surface area contributed by atoms with Crippen molar-refractivity contribution < 1.29 is 19.2 Å². The van der Waals surface area contributed by atoms with Crippen LogP contribution >= 0.6 is 0 Å². The molecule has 2 rings (SSSR count). The molecule has 140 valence electrons. The quantitative estimate of drug-likeness (QED) is 0.374. The highest BCUT2D eigenvalue weighted by Crippen LogP contribution is 2.18. The van der Waals surface area contributed by atoms with E-state index in [0.29, 0.717) is 5.69 Å². The highest BCUT2D eigenvalue weighted by molar-refractivity contribution is 5.90. The molecule has 0 aliphatic carbocycles. The molecule has 1 aromatic carbocycles. The number of carbonyl (C=O) groups excluding carboxylic acids is 2. The Morgan fingerprint density at radius 1 is 1.35 bits per heavy atom. The first kappa shape index (κ1) is 19.1. The fourth-order valence-electron chi connectivity index (χ4n) is 2.10. The van der Waals surface area contributed by atoms with Gasteiger partial charge in [0, 0.05) is 18.4 Å². The number of amides is 3. The third-order valence-electron chi connectivity index (χ3n) is 3.40. The van der Waals surface area contributed by atoms with Crippen molar-refractivity contribution in [2.75, 3.05) is 24.3 Å². The zero-order valence-electron chi connectivity index (χ0n) is 14.1. The summed E-state index contributed by atoms with van der Waals surface area (Å²) in [5, 5.41) is 20.8. The molecule has 2 atom stereocenters. The maximum Gasteiger partial charge on any atom is 0.319 e. The second kappa shape index (κ2) is 8.78. The number of benzene rings is 1. The molecule has 2 aromatic rings. The molecule has 0 bridgehead atoms. The van der Waals surface area contributed by atoms with Gasteiger partial charge < -0.3 is 37.0 Å². The number of aromatic nitrogens is 2. The second-order valence-corrected chi connectivity index (χ2v) is 5.43. The van der Waals surface area contributed by atoms with E-state index in [4.69, 9.17) is 21.1 Å². The van der Waals surface area contributed by atoms with E-state index in [2.05, 4.69) is 26.1 Å². The van der Waals surface area contributed by atoms with Crippen LogP contribution in [-0.2, 0) is 4.79 Å². The van der Waals surface area contributed by atoms with Crippen molar-refractivity contribution in [1.82, 2.24) is 15.5 Å². The molecule has 0 saturated carbocycles. The van der Waals surface area contributed by atoms with Crippen LogP contribution in [0.1, 0.15) is 30.2 Å². The Bertz CT molecular complexity index is 764. The van der Waals surface area contributed by atoms with E-state index >= 15 is 0 Å². The standard InChI is InChI=1S/C15H21N7O4/c1-18-8-3-2-4-9(5-8)19-15(25)20-11(6-12(17)24)14-21-13(22-26-14)10(16)7-23/h2-5,10-11,18,23H,6-7,16H2,1H3,(H2,17,24)(H2,19,20,25)/t10-,11-/m0/s1. The first-order chi connectivity index (χ1) is 12.4. The van der Waals surface area contributed by atoms with Crippen LogP contribution in [0.4, 0.5) is 16.2 Å². The van der Waals surface area contributed by atoms with Crippen LogP contribution < -0.4 is 27.4 Å². The number of rotatable bonds is 8. The Kier molecular flexibility index (Phi) is 6.47. The van der Waals surface area contributed by atoms with E-state index in [1.165, 1.54) is 0 Å². The highest BCUT2D eigenvalue weighted by atomic mass is 16.5. The van der Waals surface area contributed by atoms with E-state index < -0.39 is 24.0 Å². The Balaban J connectivity index is 2.10. The number of nitrogens with two attached hydrogens (primary N) is 2. The Morgan fingerprint density at radius 3 is 2.73 bits per heavy atom. The summed E-state index contributed by atoms with van der Waals surface area (Å²) in [6.07, 6.45) is -0.250. The molecule has 0 unspecified atom stereocenters. The van der Waals surface area contributed by atoms with Crippen LogP contribution in [0.3, 0.4) is 0 Å². The van der Waals surface area contributed by atoms with Gasteiger partial charge in [-0.25, -0.2) is 4.79 Å². The van der Waals surface area contributed by atoms with Crippen molar-refractivity contribution in [3.8, 4) is 0 Å². The van der Waals surface area contributed by atoms with E-state index in [9.17, 15) is 9.59 Å². The number of primary amides is 1. The van der Waals surface area contributed by atoms with Crippen molar-refractivity contribution >= 4 is 23.3 Å². The molecule has 11 heteroatoms. The van der Waals surface area contributed by atoms with Gasteiger partial charge in [0.1, 0.15) is 6.04 Å². The van der Waals surface area contributed by atoms with Gasteiger partial charge in [0.2, 0.25) is 11.8 Å². The number of aliphatic hydroxyl groups excluding tert-OH is 1. The number of hydrogen-bond donors (Lipinski definition) is 6. The molecule has 0 aliphatic rings. The van der Waals surface area contributed by atoms with Gasteiger partial charge in [0.05, 0.1) is 19.1 Å². The Hall–Kier alpha value is -3.18. The van der Waals surface area contributed by atoms with Gasteiger partial charge >= 0.3 is 6.03 Å². The van der Waals surface area contributed by atoms with Crippen LogP contribution in [0.2, 0.25) is 0 Å². The summed E-state index contributed by atoms with van der Waals surface area (Å²) in [4.78, 5) is 27.5. The smallest absolute Gasteiger partial charge is 0.319 e. The molecule has 0 fully saturated rings. The van der Waals surface area contributed by atoms with E-state index in [1.807, 2.05) is 6.07 Å². The van der Waals surface area contributed by atoms with Gasteiger partial charge in [0.15, 0.2) is 5.82 Å². The molecule has 0 radical (unpaired) electrons. The van der Waals surface area contributed by atoms with Crippen LogP contribution in [0, 0.1) is 0 Å². The topological polar surface area (TPSA) is 181 Å². The number of hydrogen-bond acceptors (Lipinski definition) is 8. The molecular weight excluding hydrogens is 342 g/mol. The molecule has 11 nitrogen and oxygen atoms in total. The summed E-state index contributed by atoms with van der Waals surface area (Å²) in [6.45, 7) is -0.380. The number of urea groups is 1. The molecule has 0 aliphatic heterocycles. The minimum atomic E-state index is -0.938. The van der Waals surface area contributed by atoms with Crippen molar-refractivity contribution in [3.63, 3.8) is 0 Å². The van der Waals surface area contributed by atoms with Gasteiger partial charge in [-0.1, -0.05) is 11.2 Å². The maximum absolute atomic E-state index is 12.2. The van der Waals surface area contributed by atoms with Gasteiger partial charge in [-0.2, -0.15) is 4.98 Å². The fraction of sp³-hybridized carbons (Fsp3) is 0.333. The lowest BCUT2D eigenvalue weighted by atomic mass is 10.2. The highest BCUT2D eigenvalue weighted by Gasteiger charge is 2.24. The predicted molar refractivity (Wildman–Crippen MR) is 93.0 cm³/mol. The lowest BCUT2D eigenvalue weighted by Crippen LogP contribution is -2.35. The molecule has 3 amide bonds. The summed E-state index contributed by atoms with van der Waals surface area (Å²) in [5.41, 5.74) is 12.2. The Morgan fingerprint density at radius 2 is 2.08 bits per heavy atom. The zero-order chi connectivity index (χ0) is 19.1. The summed E-state index contributed by atoms with van der Waals surface area (Å²) in [7, 11) is 1.76. The molecule has 0 saturated heterocycles. The largest absolute Gasteiger partial charge is 0.394 e. The normalized spacial score (nSPS) is 12.9. The minimum Gasteiger partial charge on any atom is -0.394 e. The second-order valence-electron chi connectivity index (χ2n) is 5.43. The molecule has 8 N–H and O–H groups in total.